The maximum absolute atomic E-state index is 12.2. The highest BCUT2D eigenvalue weighted by molar-refractivity contribution is 6.34. The predicted molar refractivity (Wildman–Crippen MR) is 128 cm³/mol. The highest BCUT2D eigenvalue weighted by Crippen LogP contribution is 2.28. The van der Waals surface area contributed by atoms with Crippen LogP contribution >= 0.6 is 23.2 Å². The first-order valence-electron chi connectivity index (χ1n) is 9.98. The van der Waals surface area contributed by atoms with Gasteiger partial charge in [-0.05, 0) is 67.1 Å². The van der Waals surface area contributed by atoms with Crippen molar-refractivity contribution in [1.29, 1.82) is 0 Å². The molecular weight excluding hydrogens is 433 g/mol. The van der Waals surface area contributed by atoms with Crippen LogP contribution in [0.5, 0.6) is 0 Å². The van der Waals surface area contributed by atoms with Crippen LogP contribution in [-0.2, 0) is 0 Å². The Bertz CT molecular complexity index is 1040. The van der Waals surface area contributed by atoms with E-state index in [1.165, 1.54) is 0 Å². The number of halogens is 2. The Hall–Kier alpha value is -3.02. The Morgan fingerprint density at radius 2 is 1.48 bits per heavy atom. The third kappa shape index (κ3) is 6.23. The summed E-state index contributed by atoms with van der Waals surface area (Å²) in [6.07, 6.45) is 2.11. The number of urea groups is 1. The second-order valence-corrected chi connectivity index (χ2v) is 7.76. The molecule has 0 saturated heterocycles. The number of nitrogens with zero attached hydrogens (tertiary/aromatic N) is 1. The van der Waals surface area contributed by atoms with Gasteiger partial charge in [0.1, 0.15) is 0 Å². The summed E-state index contributed by atoms with van der Waals surface area (Å²) in [5.74, 6) is -0.562. The molecule has 3 amide bonds. The van der Waals surface area contributed by atoms with Crippen LogP contribution in [0.15, 0.2) is 72.8 Å². The zero-order valence-corrected chi connectivity index (χ0v) is 18.6. The summed E-state index contributed by atoms with van der Waals surface area (Å²) in [6.45, 7) is 3.01. The minimum atomic E-state index is -0.627. The first-order valence-corrected chi connectivity index (χ1v) is 10.7. The average Bonchev–Trinajstić information content (AvgIpc) is 2.76. The van der Waals surface area contributed by atoms with Crippen LogP contribution in [0, 0.1) is 0 Å². The molecule has 0 aromatic heterocycles. The molecule has 3 aromatic carbocycles. The summed E-state index contributed by atoms with van der Waals surface area (Å²) in [6, 6.07) is 21.1. The third-order valence-electron chi connectivity index (χ3n) is 4.66. The van der Waals surface area contributed by atoms with Crippen molar-refractivity contribution in [3.8, 4) is 0 Å². The van der Waals surface area contributed by atoms with Crippen molar-refractivity contribution in [2.75, 3.05) is 16.8 Å². The van der Waals surface area contributed by atoms with Crippen molar-refractivity contribution in [3.63, 3.8) is 0 Å². The Morgan fingerprint density at radius 1 is 0.871 bits per heavy atom. The minimum Gasteiger partial charge on any atom is -0.341 e. The molecule has 5 nitrogen and oxygen atoms in total. The van der Waals surface area contributed by atoms with Gasteiger partial charge >= 0.3 is 6.03 Å². The van der Waals surface area contributed by atoms with E-state index in [0.717, 1.165) is 30.8 Å². The van der Waals surface area contributed by atoms with E-state index in [-0.39, 0.29) is 10.6 Å². The maximum atomic E-state index is 12.2. The predicted octanol–water partition coefficient (Wildman–Crippen LogP) is 6.89. The molecule has 0 aliphatic heterocycles. The average molecular weight is 456 g/mol. The molecule has 7 heteroatoms. The Balaban J connectivity index is 1.67. The van der Waals surface area contributed by atoms with Gasteiger partial charge in [0, 0.05) is 28.6 Å². The number of unbranched alkanes of at least 4 members (excludes halogenated alkanes) is 1. The fraction of sp³-hybridized carbons (Fsp3) is 0.167. The lowest BCUT2D eigenvalue weighted by atomic mass is 10.2. The Kier molecular flexibility index (Phi) is 7.93. The number of nitrogens with one attached hydrogen (secondary N) is 2. The molecule has 0 spiro atoms. The van der Waals surface area contributed by atoms with Gasteiger partial charge in [-0.2, -0.15) is 0 Å². The van der Waals surface area contributed by atoms with Crippen LogP contribution < -0.4 is 15.5 Å². The van der Waals surface area contributed by atoms with E-state index in [1.807, 2.05) is 36.4 Å². The molecule has 0 heterocycles. The number of imide groups is 1. The second kappa shape index (κ2) is 10.8. The van der Waals surface area contributed by atoms with Crippen LogP contribution in [0.2, 0.25) is 10.0 Å². The van der Waals surface area contributed by atoms with Crippen LogP contribution in [0.1, 0.15) is 30.1 Å². The topological polar surface area (TPSA) is 61.4 Å². The van der Waals surface area contributed by atoms with Crippen LogP contribution in [0.3, 0.4) is 0 Å². The molecule has 0 atom stereocenters. The third-order valence-corrected chi connectivity index (χ3v) is 5.24. The smallest absolute Gasteiger partial charge is 0.326 e. The van der Waals surface area contributed by atoms with Crippen LogP contribution in [0.4, 0.5) is 21.9 Å². The number of benzene rings is 3. The zero-order valence-electron chi connectivity index (χ0n) is 17.1. The monoisotopic (exact) mass is 455 g/mol. The van der Waals surface area contributed by atoms with Crippen molar-refractivity contribution in [1.82, 2.24) is 5.32 Å². The molecule has 3 aromatic rings. The minimum absolute atomic E-state index is 0.240. The summed E-state index contributed by atoms with van der Waals surface area (Å²) < 4.78 is 0. The number of hydrogen-bond donors (Lipinski definition) is 2. The molecule has 0 bridgehead atoms. The van der Waals surface area contributed by atoms with Crippen molar-refractivity contribution in [2.45, 2.75) is 19.8 Å². The van der Waals surface area contributed by atoms with E-state index in [0.29, 0.717) is 10.7 Å². The van der Waals surface area contributed by atoms with Gasteiger partial charge in [-0.3, -0.25) is 10.1 Å². The molecule has 0 unspecified atom stereocenters. The lowest BCUT2D eigenvalue weighted by Gasteiger charge is -2.25. The lowest BCUT2D eigenvalue weighted by Crippen LogP contribution is -2.34. The van der Waals surface area contributed by atoms with Gasteiger partial charge in [-0.1, -0.05) is 48.7 Å². The maximum Gasteiger partial charge on any atom is 0.326 e. The number of hydrogen-bond acceptors (Lipinski definition) is 3. The van der Waals surface area contributed by atoms with E-state index >= 15 is 0 Å². The standard InChI is InChI=1S/C24H23Cl2N3O2/c1-2-3-16-29(19-12-8-17(25)9-13-19)20-14-10-18(11-15-20)27-24(31)28-23(30)21-6-4-5-7-22(21)26/h4-15H,2-3,16H2,1H3,(H2,27,28,30,31). The van der Waals surface area contributed by atoms with Gasteiger partial charge in [-0.25, -0.2) is 4.79 Å². The summed E-state index contributed by atoms with van der Waals surface area (Å²) in [7, 11) is 0. The van der Waals surface area contributed by atoms with E-state index in [4.69, 9.17) is 23.2 Å². The molecule has 160 valence electrons. The molecule has 0 saturated carbocycles. The Morgan fingerprint density at radius 3 is 2.10 bits per heavy atom. The van der Waals surface area contributed by atoms with E-state index < -0.39 is 11.9 Å². The molecule has 2 N–H and O–H groups in total. The first kappa shape index (κ1) is 22.7. The van der Waals surface area contributed by atoms with Crippen molar-refractivity contribution in [3.05, 3.63) is 88.4 Å². The van der Waals surface area contributed by atoms with Gasteiger partial charge in [0.2, 0.25) is 0 Å². The number of amides is 3. The first-order chi connectivity index (χ1) is 15.0. The summed E-state index contributed by atoms with van der Waals surface area (Å²) in [5.41, 5.74) is 2.85. The lowest BCUT2D eigenvalue weighted by molar-refractivity contribution is 0.0967. The number of anilines is 3. The Labute approximate surface area is 192 Å². The fourth-order valence-electron chi connectivity index (χ4n) is 3.05. The fourth-order valence-corrected chi connectivity index (χ4v) is 3.39. The molecule has 0 radical (unpaired) electrons. The van der Waals surface area contributed by atoms with Crippen LogP contribution in [0.25, 0.3) is 0 Å². The number of carbonyl (C=O) groups is 2. The second-order valence-electron chi connectivity index (χ2n) is 6.92. The van der Waals surface area contributed by atoms with Crippen molar-refractivity contribution >= 4 is 52.2 Å². The van der Waals surface area contributed by atoms with Gasteiger partial charge in [0.05, 0.1) is 10.6 Å². The molecular formula is C24H23Cl2N3O2. The molecule has 3 rings (SSSR count). The van der Waals surface area contributed by atoms with Gasteiger partial charge < -0.3 is 10.2 Å². The molecule has 0 aliphatic carbocycles. The SMILES string of the molecule is CCCCN(c1ccc(Cl)cc1)c1ccc(NC(=O)NC(=O)c2ccccc2Cl)cc1. The highest BCUT2D eigenvalue weighted by atomic mass is 35.5. The molecule has 0 fully saturated rings. The quantitative estimate of drug-likeness (QED) is 0.407. The summed E-state index contributed by atoms with van der Waals surface area (Å²) >= 11 is 12.0. The molecule has 31 heavy (non-hydrogen) atoms. The number of carbonyl (C=O) groups excluding carboxylic acids is 2. The van der Waals surface area contributed by atoms with Gasteiger partial charge in [0.15, 0.2) is 0 Å². The van der Waals surface area contributed by atoms with Gasteiger partial charge in [-0.15, -0.1) is 0 Å². The van der Waals surface area contributed by atoms with E-state index in [1.54, 1.807) is 36.4 Å². The number of rotatable bonds is 7. The summed E-state index contributed by atoms with van der Waals surface area (Å²) in [4.78, 5) is 26.6. The zero-order chi connectivity index (χ0) is 22.2. The van der Waals surface area contributed by atoms with E-state index in [2.05, 4.69) is 22.5 Å². The largest absolute Gasteiger partial charge is 0.341 e. The summed E-state index contributed by atoms with van der Waals surface area (Å²) in [5, 5.41) is 5.93. The van der Waals surface area contributed by atoms with Gasteiger partial charge in [0.25, 0.3) is 5.91 Å². The van der Waals surface area contributed by atoms with Crippen molar-refractivity contribution in [2.24, 2.45) is 0 Å². The van der Waals surface area contributed by atoms with E-state index in [9.17, 15) is 9.59 Å². The van der Waals surface area contributed by atoms with Crippen LogP contribution in [-0.4, -0.2) is 18.5 Å². The normalized spacial score (nSPS) is 10.4. The molecule has 0 aliphatic rings. The van der Waals surface area contributed by atoms with Crippen molar-refractivity contribution < 1.29 is 9.59 Å². The highest BCUT2D eigenvalue weighted by Gasteiger charge is 2.14.